The highest BCUT2D eigenvalue weighted by molar-refractivity contribution is 6.87. The molecule has 0 unspecified atom stereocenters. The van der Waals surface area contributed by atoms with Gasteiger partial charge in [0.25, 0.3) is 0 Å². The monoisotopic (exact) mass is 369 g/mol. The van der Waals surface area contributed by atoms with Gasteiger partial charge in [0.05, 0.1) is 0 Å². The van der Waals surface area contributed by atoms with Crippen LogP contribution in [0.5, 0.6) is 0 Å². The van der Waals surface area contributed by atoms with Crippen molar-refractivity contribution in [3.63, 3.8) is 0 Å². The van der Waals surface area contributed by atoms with Gasteiger partial charge in [0.15, 0.2) is 0 Å². The van der Waals surface area contributed by atoms with Crippen molar-refractivity contribution in [2.45, 2.75) is 51.0 Å². The third-order valence-corrected chi connectivity index (χ3v) is 9.80. The number of ether oxygens (including phenoxy) is 1. The summed E-state index contributed by atoms with van der Waals surface area (Å²) in [5.41, 5.74) is 0. The lowest BCUT2D eigenvalue weighted by atomic mass is 10.1. The number of hydrogen-bond acceptors (Lipinski definition) is 1. The summed E-state index contributed by atoms with van der Waals surface area (Å²) in [5.74, 6) is 0. The lowest BCUT2D eigenvalue weighted by molar-refractivity contribution is 0.137. The third kappa shape index (κ3) is 6.57. The molecule has 0 spiro atoms. The predicted octanol–water partition coefficient (Wildman–Crippen LogP) is 4.82. The zero-order chi connectivity index (χ0) is 18.3. The van der Waals surface area contributed by atoms with Crippen molar-refractivity contribution in [3.8, 4) is 0 Å². The van der Waals surface area contributed by atoms with E-state index in [1.807, 2.05) is 0 Å². The Hall–Kier alpha value is -1.17. The molecule has 0 bridgehead atoms. The van der Waals surface area contributed by atoms with Gasteiger partial charge >= 0.3 is 0 Å². The van der Waals surface area contributed by atoms with E-state index in [0.717, 1.165) is 19.6 Å². The van der Waals surface area contributed by atoms with Crippen molar-refractivity contribution in [2.24, 2.45) is 0 Å². The fourth-order valence-corrected chi connectivity index (χ4v) is 7.15. The van der Waals surface area contributed by atoms with Gasteiger partial charge in [0, 0.05) is 21.3 Å². The number of hydrogen-bond donors (Lipinski definition) is 0. The largest absolute Gasteiger partial charge is 0.382 e. The van der Waals surface area contributed by atoms with E-state index < -0.39 is 16.9 Å². The van der Waals surface area contributed by atoms with E-state index in [1.54, 1.807) is 0 Å². The van der Waals surface area contributed by atoms with Crippen LogP contribution in [-0.4, -0.2) is 30.1 Å². The molecular weight excluding hydrogens is 336 g/mol. The van der Waals surface area contributed by atoms with Crippen molar-refractivity contribution >= 4 is 27.2 Å². The molecule has 0 saturated carbocycles. The molecule has 135 valence electrons. The molecule has 0 N–H and O–H groups in total. The SMILES string of the molecule is CC(C)(CCOCC[Si](C)(C)C)[Si](c1ccccc1)c1ccccc1. The van der Waals surface area contributed by atoms with E-state index in [-0.39, 0.29) is 5.04 Å². The van der Waals surface area contributed by atoms with E-state index in [9.17, 15) is 0 Å². The van der Waals surface area contributed by atoms with Crippen molar-refractivity contribution < 1.29 is 4.74 Å². The van der Waals surface area contributed by atoms with Crippen LogP contribution in [-0.2, 0) is 4.74 Å². The van der Waals surface area contributed by atoms with Crippen LogP contribution in [0.3, 0.4) is 0 Å². The Labute approximate surface area is 157 Å². The van der Waals surface area contributed by atoms with Gasteiger partial charge in [-0.2, -0.15) is 0 Å². The first-order valence-corrected chi connectivity index (χ1v) is 14.6. The summed E-state index contributed by atoms with van der Waals surface area (Å²) in [6.45, 7) is 13.9. The summed E-state index contributed by atoms with van der Waals surface area (Å²) < 4.78 is 6.02. The van der Waals surface area contributed by atoms with Gasteiger partial charge in [-0.05, 0) is 17.5 Å². The standard InChI is InChI=1S/C22H33OSi2/c1-22(2,16-17-23-18-19-25(3,4)5)24(20-12-8-6-9-13-20)21-14-10-7-11-15-21/h6-15H,16-19H2,1-5H3. The molecule has 0 aromatic heterocycles. The Morgan fingerprint density at radius 1 is 0.800 bits per heavy atom. The first kappa shape index (κ1) is 20.1. The molecule has 0 fully saturated rings. The maximum absolute atomic E-state index is 6.02. The second-order valence-electron chi connectivity index (χ2n) is 8.66. The Morgan fingerprint density at radius 3 is 1.72 bits per heavy atom. The van der Waals surface area contributed by atoms with Crippen LogP contribution in [0.4, 0.5) is 0 Å². The van der Waals surface area contributed by atoms with Crippen LogP contribution in [0.25, 0.3) is 0 Å². The minimum absolute atomic E-state index is 0.243. The van der Waals surface area contributed by atoms with Gasteiger partial charge in [0.2, 0.25) is 0 Å². The normalized spacial score (nSPS) is 12.6. The molecule has 0 aliphatic heterocycles. The number of rotatable bonds is 9. The zero-order valence-electron chi connectivity index (χ0n) is 16.5. The van der Waals surface area contributed by atoms with Gasteiger partial charge in [-0.25, -0.2) is 0 Å². The van der Waals surface area contributed by atoms with Gasteiger partial charge in [-0.15, -0.1) is 0 Å². The third-order valence-electron chi connectivity index (χ3n) is 4.67. The van der Waals surface area contributed by atoms with Crippen LogP contribution in [0.15, 0.2) is 60.7 Å². The highest BCUT2D eigenvalue weighted by atomic mass is 28.3. The second kappa shape index (κ2) is 8.97. The van der Waals surface area contributed by atoms with Crippen molar-refractivity contribution in [1.29, 1.82) is 0 Å². The topological polar surface area (TPSA) is 9.23 Å². The van der Waals surface area contributed by atoms with Crippen molar-refractivity contribution in [2.75, 3.05) is 13.2 Å². The summed E-state index contributed by atoms with van der Waals surface area (Å²) in [4.78, 5) is 0. The summed E-state index contributed by atoms with van der Waals surface area (Å²) >= 11 is 0. The molecule has 3 heteroatoms. The van der Waals surface area contributed by atoms with Gasteiger partial charge in [0.1, 0.15) is 8.80 Å². The summed E-state index contributed by atoms with van der Waals surface area (Å²) in [5, 5.41) is 3.23. The molecular formula is C22H33OSi2. The molecule has 0 aliphatic carbocycles. The van der Waals surface area contributed by atoms with Crippen molar-refractivity contribution in [1.82, 2.24) is 0 Å². The first-order valence-electron chi connectivity index (χ1n) is 9.36. The molecule has 1 nitrogen and oxygen atoms in total. The minimum atomic E-state index is -0.999. The molecule has 2 aromatic carbocycles. The van der Waals surface area contributed by atoms with Crippen LogP contribution in [0, 0.1) is 0 Å². The van der Waals surface area contributed by atoms with Crippen LogP contribution < -0.4 is 10.4 Å². The highest BCUT2D eigenvalue weighted by Crippen LogP contribution is 2.32. The average Bonchev–Trinajstić information content (AvgIpc) is 2.55. The van der Waals surface area contributed by atoms with Crippen molar-refractivity contribution in [3.05, 3.63) is 60.7 Å². The van der Waals surface area contributed by atoms with Crippen LogP contribution in [0.2, 0.25) is 30.7 Å². The van der Waals surface area contributed by atoms with E-state index in [1.165, 1.54) is 16.4 Å². The quantitative estimate of drug-likeness (QED) is 0.455. The Morgan fingerprint density at radius 2 is 1.28 bits per heavy atom. The lowest BCUT2D eigenvalue weighted by Gasteiger charge is -2.34. The van der Waals surface area contributed by atoms with E-state index in [0.29, 0.717) is 0 Å². The molecule has 0 amide bonds. The van der Waals surface area contributed by atoms with E-state index >= 15 is 0 Å². The Kier molecular flexibility index (Phi) is 7.23. The molecule has 0 heterocycles. The lowest BCUT2D eigenvalue weighted by Crippen LogP contribution is -2.50. The van der Waals surface area contributed by atoms with E-state index in [2.05, 4.69) is 94.2 Å². The maximum atomic E-state index is 6.02. The first-order chi connectivity index (χ1) is 11.8. The molecule has 0 saturated heterocycles. The number of benzene rings is 2. The smallest absolute Gasteiger partial charge is 0.127 e. The summed E-state index contributed by atoms with van der Waals surface area (Å²) in [6.07, 6.45) is 1.11. The summed E-state index contributed by atoms with van der Waals surface area (Å²) in [7, 11) is -1.86. The fourth-order valence-electron chi connectivity index (χ4n) is 3.09. The molecule has 0 aliphatic rings. The molecule has 1 radical (unpaired) electrons. The average molecular weight is 370 g/mol. The van der Waals surface area contributed by atoms with E-state index in [4.69, 9.17) is 4.74 Å². The Bertz CT molecular complexity index is 578. The minimum Gasteiger partial charge on any atom is -0.382 e. The highest BCUT2D eigenvalue weighted by Gasteiger charge is 2.34. The Balaban J connectivity index is 2.08. The zero-order valence-corrected chi connectivity index (χ0v) is 18.5. The maximum Gasteiger partial charge on any atom is 0.127 e. The predicted molar refractivity (Wildman–Crippen MR) is 116 cm³/mol. The van der Waals surface area contributed by atoms with Crippen LogP contribution >= 0.6 is 0 Å². The fraction of sp³-hybridized carbons (Fsp3) is 0.455. The van der Waals surface area contributed by atoms with Gasteiger partial charge < -0.3 is 4.74 Å². The molecule has 2 rings (SSSR count). The summed E-state index contributed by atoms with van der Waals surface area (Å²) in [6, 6.07) is 23.4. The van der Waals surface area contributed by atoms with Crippen LogP contribution in [0.1, 0.15) is 20.3 Å². The molecule has 0 atom stereocenters. The second-order valence-corrected chi connectivity index (χ2v) is 17.5. The van der Waals surface area contributed by atoms with Gasteiger partial charge in [-0.1, -0.05) is 105 Å². The van der Waals surface area contributed by atoms with Gasteiger partial charge in [-0.3, -0.25) is 0 Å². The molecule has 2 aromatic rings. The molecule has 25 heavy (non-hydrogen) atoms.